The molecule has 2 aromatic rings. The van der Waals surface area contributed by atoms with Crippen LogP contribution in [0.5, 0.6) is 11.5 Å². The summed E-state index contributed by atoms with van der Waals surface area (Å²) < 4.78 is 46.3. The van der Waals surface area contributed by atoms with E-state index < -0.39 is 6.36 Å². The molecule has 0 aliphatic heterocycles. The van der Waals surface area contributed by atoms with E-state index >= 15 is 0 Å². The second kappa shape index (κ2) is 6.05. The van der Waals surface area contributed by atoms with Crippen LogP contribution in [0, 0.1) is 0 Å². The molecular formula is C15H14F3NO2. The van der Waals surface area contributed by atoms with E-state index in [-0.39, 0.29) is 12.3 Å². The van der Waals surface area contributed by atoms with Crippen LogP contribution < -0.4 is 15.2 Å². The molecule has 0 bridgehead atoms. The van der Waals surface area contributed by atoms with Gasteiger partial charge in [-0.15, -0.1) is 13.2 Å². The zero-order valence-electron chi connectivity index (χ0n) is 11.3. The van der Waals surface area contributed by atoms with Crippen LogP contribution in [0.2, 0.25) is 0 Å². The SMILES string of the molecule is COc1ccc(-c2ccc(CN)c(OC(F)(F)F)c2)cc1. The molecule has 6 heteroatoms. The van der Waals surface area contributed by atoms with Crippen molar-refractivity contribution < 1.29 is 22.6 Å². The Morgan fingerprint density at radius 3 is 2.14 bits per heavy atom. The highest BCUT2D eigenvalue weighted by atomic mass is 19.4. The molecule has 0 heterocycles. The number of methoxy groups -OCH3 is 1. The Balaban J connectivity index is 2.38. The Morgan fingerprint density at radius 1 is 1.00 bits per heavy atom. The monoisotopic (exact) mass is 297 g/mol. The molecule has 0 aliphatic rings. The Hall–Kier alpha value is -2.21. The van der Waals surface area contributed by atoms with E-state index in [2.05, 4.69) is 4.74 Å². The van der Waals surface area contributed by atoms with Gasteiger partial charge in [0.2, 0.25) is 0 Å². The van der Waals surface area contributed by atoms with Crippen molar-refractivity contribution in [3.63, 3.8) is 0 Å². The number of nitrogens with two attached hydrogens (primary N) is 1. The van der Waals surface area contributed by atoms with Crippen LogP contribution >= 0.6 is 0 Å². The largest absolute Gasteiger partial charge is 0.573 e. The van der Waals surface area contributed by atoms with E-state index in [1.807, 2.05) is 0 Å². The van der Waals surface area contributed by atoms with Gasteiger partial charge in [-0.2, -0.15) is 0 Å². The molecule has 0 saturated carbocycles. The molecule has 3 nitrogen and oxygen atoms in total. The fraction of sp³-hybridized carbons (Fsp3) is 0.200. The lowest BCUT2D eigenvalue weighted by Gasteiger charge is -2.14. The van der Waals surface area contributed by atoms with Crippen molar-refractivity contribution in [2.45, 2.75) is 12.9 Å². The molecule has 0 radical (unpaired) electrons. The highest BCUT2D eigenvalue weighted by Crippen LogP contribution is 2.31. The predicted molar refractivity (Wildman–Crippen MR) is 73.0 cm³/mol. The fourth-order valence-corrected chi connectivity index (χ4v) is 1.91. The summed E-state index contributed by atoms with van der Waals surface area (Å²) in [6.45, 7) is -0.0334. The quantitative estimate of drug-likeness (QED) is 0.935. The van der Waals surface area contributed by atoms with Gasteiger partial charge in [0.05, 0.1) is 7.11 Å². The molecule has 0 aliphatic carbocycles. The minimum atomic E-state index is -4.75. The summed E-state index contributed by atoms with van der Waals surface area (Å²) >= 11 is 0. The number of rotatable bonds is 4. The normalized spacial score (nSPS) is 11.3. The third-order valence-electron chi connectivity index (χ3n) is 2.94. The lowest BCUT2D eigenvalue weighted by Crippen LogP contribution is -2.18. The van der Waals surface area contributed by atoms with Gasteiger partial charge in [0.15, 0.2) is 0 Å². The first kappa shape index (κ1) is 15.2. The van der Waals surface area contributed by atoms with Crippen LogP contribution in [0.4, 0.5) is 13.2 Å². The number of alkyl halides is 3. The summed E-state index contributed by atoms with van der Waals surface area (Å²) in [5.74, 6) is 0.391. The molecular weight excluding hydrogens is 283 g/mol. The number of benzene rings is 2. The van der Waals surface area contributed by atoms with Crippen molar-refractivity contribution in [3.05, 3.63) is 48.0 Å². The molecule has 2 N–H and O–H groups in total. The van der Waals surface area contributed by atoms with Crippen LogP contribution in [-0.4, -0.2) is 13.5 Å². The van der Waals surface area contributed by atoms with Gasteiger partial charge in [0.25, 0.3) is 0 Å². The summed E-state index contributed by atoms with van der Waals surface area (Å²) in [4.78, 5) is 0. The number of hydrogen-bond donors (Lipinski definition) is 1. The summed E-state index contributed by atoms with van der Waals surface area (Å²) in [5, 5.41) is 0. The van der Waals surface area contributed by atoms with Gasteiger partial charge >= 0.3 is 6.36 Å². The van der Waals surface area contributed by atoms with E-state index in [1.54, 1.807) is 37.4 Å². The Labute approximate surface area is 120 Å². The number of hydrogen-bond acceptors (Lipinski definition) is 3. The van der Waals surface area contributed by atoms with Crippen LogP contribution in [0.1, 0.15) is 5.56 Å². The van der Waals surface area contributed by atoms with Crippen molar-refractivity contribution in [1.29, 1.82) is 0 Å². The van der Waals surface area contributed by atoms with E-state index in [1.165, 1.54) is 12.1 Å². The smallest absolute Gasteiger partial charge is 0.497 e. The zero-order chi connectivity index (χ0) is 15.5. The summed E-state index contributed by atoms with van der Waals surface area (Å²) in [6, 6.07) is 11.5. The third kappa shape index (κ3) is 3.88. The van der Waals surface area contributed by atoms with Crippen molar-refractivity contribution in [2.24, 2.45) is 5.73 Å². The van der Waals surface area contributed by atoms with Gasteiger partial charge in [-0.25, -0.2) is 0 Å². The first-order valence-corrected chi connectivity index (χ1v) is 6.16. The van der Waals surface area contributed by atoms with Crippen molar-refractivity contribution in [1.82, 2.24) is 0 Å². The maximum atomic E-state index is 12.4. The van der Waals surface area contributed by atoms with Gasteiger partial charge in [0.1, 0.15) is 11.5 Å². The van der Waals surface area contributed by atoms with E-state index in [9.17, 15) is 13.2 Å². The van der Waals surface area contributed by atoms with Crippen LogP contribution in [0.3, 0.4) is 0 Å². The molecule has 0 aromatic heterocycles. The minimum absolute atomic E-state index is 0.0334. The van der Waals surface area contributed by atoms with Gasteiger partial charge in [-0.1, -0.05) is 24.3 Å². The van der Waals surface area contributed by atoms with Crippen LogP contribution in [-0.2, 0) is 6.54 Å². The maximum Gasteiger partial charge on any atom is 0.573 e. The Morgan fingerprint density at radius 2 is 1.62 bits per heavy atom. The van der Waals surface area contributed by atoms with E-state index in [0.29, 0.717) is 16.9 Å². The lowest BCUT2D eigenvalue weighted by molar-refractivity contribution is -0.274. The average molecular weight is 297 g/mol. The minimum Gasteiger partial charge on any atom is -0.497 e. The predicted octanol–water partition coefficient (Wildman–Crippen LogP) is 3.72. The average Bonchev–Trinajstić information content (AvgIpc) is 2.45. The molecule has 0 fully saturated rings. The Bertz CT molecular complexity index is 609. The number of halogens is 3. The molecule has 112 valence electrons. The van der Waals surface area contributed by atoms with Crippen molar-refractivity contribution in [2.75, 3.05) is 7.11 Å². The molecule has 0 atom stereocenters. The zero-order valence-corrected chi connectivity index (χ0v) is 11.3. The topological polar surface area (TPSA) is 44.5 Å². The molecule has 0 amide bonds. The Kier molecular flexibility index (Phi) is 4.37. The van der Waals surface area contributed by atoms with Crippen LogP contribution in [0.25, 0.3) is 11.1 Å². The fourth-order valence-electron chi connectivity index (χ4n) is 1.91. The summed E-state index contributed by atoms with van der Waals surface area (Å²) in [5.41, 5.74) is 7.09. The standard InChI is InChI=1S/C15H14F3NO2/c1-20-13-6-4-10(5-7-13)11-2-3-12(9-19)14(8-11)21-15(16,17)18/h2-8H,9,19H2,1H3. The second-order valence-corrected chi connectivity index (χ2v) is 4.30. The lowest BCUT2D eigenvalue weighted by atomic mass is 10.0. The second-order valence-electron chi connectivity index (χ2n) is 4.30. The number of ether oxygens (including phenoxy) is 2. The van der Waals surface area contributed by atoms with Crippen molar-refractivity contribution in [3.8, 4) is 22.6 Å². The molecule has 2 rings (SSSR count). The first-order valence-electron chi connectivity index (χ1n) is 6.16. The highest BCUT2D eigenvalue weighted by Gasteiger charge is 2.32. The van der Waals surface area contributed by atoms with Crippen LogP contribution in [0.15, 0.2) is 42.5 Å². The maximum absolute atomic E-state index is 12.4. The highest BCUT2D eigenvalue weighted by molar-refractivity contribution is 5.66. The summed E-state index contributed by atoms with van der Waals surface area (Å²) in [6.07, 6.45) is -4.75. The molecule has 0 unspecified atom stereocenters. The van der Waals surface area contributed by atoms with Crippen molar-refractivity contribution >= 4 is 0 Å². The van der Waals surface area contributed by atoms with Gasteiger partial charge in [-0.05, 0) is 29.3 Å². The summed E-state index contributed by atoms with van der Waals surface area (Å²) in [7, 11) is 1.54. The molecule has 2 aromatic carbocycles. The molecule has 0 saturated heterocycles. The van der Waals surface area contributed by atoms with Gasteiger partial charge in [0, 0.05) is 12.1 Å². The van der Waals surface area contributed by atoms with E-state index in [4.69, 9.17) is 10.5 Å². The molecule has 21 heavy (non-hydrogen) atoms. The van der Waals surface area contributed by atoms with Gasteiger partial charge in [-0.3, -0.25) is 0 Å². The third-order valence-corrected chi connectivity index (χ3v) is 2.94. The first-order chi connectivity index (χ1) is 9.93. The van der Waals surface area contributed by atoms with E-state index in [0.717, 1.165) is 5.56 Å². The molecule has 0 spiro atoms. The van der Waals surface area contributed by atoms with Gasteiger partial charge < -0.3 is 15.2 Å².